The first-order chi connectivity index (χ1) is 12.9. The lowest BCUT2D eigenvalue weighted by Crippen LogP contribution is -2.40. The summed E-state index contributed by atoms with van der Waals surface area (Å²) < 4.78 is 29.8. The zero-order chi connectivity index (χ0) is 19.4. The highest BCUT2D eigenvalue weighted by Crippen LogP contribution is 2.29. The fourth-order valence-corrected chi connectivity index (χ4v) is 3.81. The maximum Gasteiger partial charge on any atom is 0.285 e. The molecule has 1 aliphatic heterocycles. The Hall–Kier alpha value is -2.87. The summed E-state index contributed by atoms with van der Waals surface area (Å²) in [6.07, 6.45) is 2.47. The van der Waals surface area contributed by atoms with E-state index in [-0.39, 0.29) is 16.9 Å². The monoisotopic (exact) mass is 385 g/mol. The van der Waals surface area contributed by atoms with Crippen molar-refractivity contribution in [1.29, 1.82) is 0 Å². The average Bonchev–Trinajstić information content (AvgIpc) is 3.16. The van der Waals surface area contributed by atoms with Gasteiger partial charge in [0.2, 0.25) is 5.96 Å². The molecule has 0 saturated heterocycles. The normalized spacial score (nSPS) is 17.3. The summed E-state index contributed by atoms with van der Waals surface area (Å²) in [5.74, 6) is 0.289. The Labute approximate surface area is 159 Å². The molecule has 0 saturated carbocycles. The van der Waals surface area contributed by atoms with E-state index in [0.717, 1.165) is 5.56 Å². The van der Waals surface area contributed by atoms with Gasteiger partial charge in [-0.05, 0) is 36.8 Å². The van der Waals surface area contributed by atoms with Crippen LogP contribution in [0.15, 0.2) is 69.0 Å². The minimum atomic E-state index is -3.90. The third-order valence-corrected chi connectivity index (χ3v) is 5.69. The van der Waals surface area contributed by atoms with Crippen LogP contribution in [0.4, 0.5) is 5.69 Å². The lowest BCUT2D eigenvalue weighted by Gasteiger charge is -2.30. The molecule has 0 aromatic heterocycles. The van der Waals surface area contributed by atoms with E-state index in [1.54, 1.807) is 35.3 Å². The van der Waals surface area contributed by atoms with Crippen molar-refractivity contribution in [1.82, 2.24) is 9.91 Å². The molecule has 142 valence electrons. The number of hydrazone groups is 1. The molecule has 0 amide bonds. The molecule has 3 rings (SSSR count). The average molecular weight is 385 g/mol. The van der Waals surface area contributed by atoms with Crippen molar-refractivity contribution in [2.75, 3.05) is 19.3 Å². The van der Waals surface area contributed by atoms with Crippen LogP contribution in [-0.2, 0) is 10.0 Å². The number of guanidine groups is 1. The van der Waals surface area contributed by atoms with Crippen LogP contribution in [-0.4, -0.2) is 44.1 Å². The number of nitrogen functional groups attached to an aromatic ring is 1. The summed E-state index contributed by atoms with van der Waals surface area (Å²) in [5, 5.41) is 6.08. The molecule has 2 aromatic carbocycles. The van der Waals surface area contributed by atoms with E-state index >= 15 is 0 Å². The molecule has 27 heavy (non-hydrogen) atoms. The van der Waals surface area contributed by atoms with Gasteiger partial charge in [0.05, 0.1) is 10.9 Å². The molecule has 2 N–H and O–H groups in total. The first-order valence-electron chi connectivity index (χ1n) is 8.70. The summed E-state index contributed by atoms with van der Waals surface area (Å²) in [4.78, 5) is 1.87. The van der Waals surface area contributed by atoms with Gasteiger partial charge in [-0.1, -0.05) is 30.3 Å². The Bertz CT molecular complexity index is 940. The van der Waals surface area contributed by atoms with Crippen LogP contribution in [0.25, 0.3) is 0 Å². The summed E-state index contributed by atoms with van der Waals surface area (Å²) in [7, 11) is -2.10. The second kappa shape index (κ2) is 7.79. The molecule has 1 unspecified atom stereocenters. The standard InChI is InChI=1S/C19H23N5O2S/c1-3-23(2)19(22-27(25,26)17-11-9-16(20)10-12-17)24-18(13-14-21-24)15-7-5-4-6-8-15/h4-12,14,18H,3,13,20H2,1-2H3/b22-19+. The minimum Gasteiger partial charge on any atom is -0.399 e. The maximum absolute atomic E-state index is 12.8. The second-order valence-electron chi connectivity index (χ2n) is 6.25. The van der Waals surface area contributed by atoms with Gasteiger partial charge in [-0.25, -0.2) is 5.01 Å². The van der Waals surface area contributed by atoms with E-state index in [1.807, 2.05) is 37.3 Å². The molecule has 1 aliphatic rings. The van der Waals surface area contributed by atoms with E-state index in [0.29, 0.717) is 18.7 Å². The maximum atomic E-state index is 12.8. The lowest BCUT2D eigenvalue weighted by molar-refractivity contribution is 0.315. The van der Waals surface area contributed by atoms with Crippen LogP contribution < -0.4 is 5.73 Å². The second-order valence-corrected chi connectivity index (χ2v) is 7.86. The largest absolute Gasteiger partial charge is 0.399 e. The Morgan fingerprint density at radius 3 is 2.52 bits per heavy atom. The Balaban J connectivity index is 2.02. The molecular weight excluding hydrogens is 362 g/mol. The number of nitrogens with zero attached hydrogens (tertiary/aromatic N) is 4. The van der Waals surface area contributed by atoms with Crippen molar-refractivity contribution in [3.63, 3.8) is 0 Å². The van der Waals surface area contributed by atoms with Gasteiger partial charge in [0.25, 0.3) is 10.0 Å². The summed E-state index contributed by atoms with van der Waals surface area (Å²) in [5.41, 5.74) is 7.21. The van der Waals surface area contributed by atoms with Crippen molar-refractivity contribution < 1.29 is 8.42 Å². The first-order valence-corrected chi connectivity index (χ1v) is 10.1. The molecule has 7 nitrogen and oxygen atoms in total. The van der Waals surface area contributed by atoms with Gasteiger partial charge in [-0.2, -0.15) is 13.5 Å². The van der Waals surface area contributed by atoms with Gasteiger partial charge in [0, 0.05) is 31.9 Å². The van der Waals surface area contributed by atoms with Crippen molar-refractivity contribution >= 4 is 27.9 Å². The number of rotatable bonds is 4. The highest BCUT2D eigenvalue weighted by molar-refractivity contribution is 7.90. The van der Waals surface area contributed by atoms with E-state index < -0.39 is 10.0 Å². The number of anilines is 1. The van der Waals surface area contributed by atoms with E-state index in [2.05, 4.69) is 9.50 Å². The van der Waals surface area contributed by atoms with Crippen molar-refractivity contribution in [3.05, 3.63) is 60.2 Å². The zero-order valence-electron chi connectivity index (χ0n) is 15.4. The third kappa shape index (κ3) is 4.11. The molecule has 0 bridgehead atoms. The molecule has 0 fully saturated rings. The van der Waals surface area contributed by atoms with Crippen LogP contribution in [0.2, 0.25) is 0 Å². The van der Waals surface area contributed by atoms with Gasteiger partial charge in [0.1, 0.15) is 0 Å². The SMILES string of the molecule is CCN(C)/C(=N\S(=O)(=O)c1ccc(N)cc1)N1N=CCC1c1ccccc1. The highest BCUT2D eigenvalue weighted by atomic mass is 32.2. The first kappa shape index (κ1) is 18.9. The molecule has 8 heteroatoms. The molecule has 0 spiro atoms. The molecule has 2 aromatic rings. The number of benzene rings is 2. The zero-order valence-corrected chi connectivity index (χ0v) is 16.2. The topological polar surface area (TPSA) is 91.4 Å². The van der Waals surface area contributed by atoms with Crippen LogP contribution in [0.1, 0.15) is 24.9 Å². The molecule has 1 heterocycles. The van der Waals surface area contributed by atoms with Crippen LogP contribution in [0.5, 0.6) is 0 Å². The molecule has 0 radical (unpaired) electrons. The van der Waals surface area contributed by atoms with Crippen molar-refractivity contribution in [3.8, 4) is 0 Å². The smallest absolute Gasteiger partial charge is 0.285 e. The fraction of sp³-hybridized carbons (Fsp3) is 0.263. The minimum absolute atomic E-state index is 0.0955. The van der Waals surface area contributed by atoms with E-state index in [1.165, 1.54) is 12.1 Å². The summed E-state index contributed by atoms with van der Waals surface area (Å²) in [6, 6.07) is 15.8. The fourth-order valence-electron chi connectivity index (χ4n) is 2.79. The Morgan fingerprint density at radius 2 is 1.89 bits per heavy atom. The number of nitrogens with two attached hydrogens (primary N) is 1. The van der Waals surface area contributed by atoms with Crippen molar-refractivity contribution in [2.24, 2.45) is 9.50 Å². The van der Waals surface area contributed by atoms with Gasteiger partial charge >= 0.3 is 0 Å². The molecule has 1 atom stereocenters. The van der Waals surface area contributed by atoms with Crippen LogP contribution >= 0.6 is 0 Å². The number of hydrogen-bond donors (Lipinski definition) is 1. The van der Waals surface area contributed by atoms with E-state index in [9.17, 15) is 8.42 Å². The number of hydrogen-bond acceptors (Lipinski definition) is 4. The van der Waals surface area contributed by atoms with Crippen LogP contribution in [0.3, 0.4) is 0 Å². The third-order valence-electron chi connectivity index (χ3n) is 4.41. The quantitative estimate of drug-likeness (QED) is 0.496. The van der Waals surface area contributed by atoms with Crippen molar-refractivity contribution in [2.45, 2.75) is 24.3 Å². The predicted molar refractivity (Wildman–Crippen MR) is 108 cm³/mol. The molecular formula is C19H23N5O2S. The highest BCUT2D eigenvalue weighted by Gasteiger charge is 2.30. The predicted octanol–water partition coefficient (Wildman–Crippen LogP) is 2.70. The van der Waals surface area contributed by atoms with Gasteiger partial charge in [-0.3, -0.25) is 0 Å². The van der Waals surface area contributed by atoms with Gasteiger partial charge in [0.15, 0.2) is 0 Å². The van der Waals surface area contributed by atoms with E-state index in [4.69, 9.17) is 5.73 Å². The lowest BCUT2D eigenvalue weighted by atomic mass is 10.1. The van der Waals surface area contributed by atoms with Crippen LogP contribution in [0, 0.1) is 0 Å². The Kier molecular flexibility index (Phi) is 5.46. The van der Waals surface area contributed by atoms with Gasteiger partial charge in [-0.15, -0.1) is 4.40 Å². The summed E-state index contributed by atoms with van der Waals surface area (Å²) >= 11 is 0. The molecule has 0 aliphatic carbocycles. The number of sulfonamides is 1. The summed E-state index contributed by atoms with van der Waals surface area (Å²) in [6.45, 7) is 2.52. The Morgan fingerprint density at radius 1 is 1.22 bits per heavy atom. The van der Waals surface area contributed by atoms with Gasteiger partial charge < -0.3 is 10.6 Å².